The average molecular weight is 345 g/mol. The molecule has 0 saturated heterocycles. The summed E-state index contributed by atoms with van der Waals surface area (Å²) in [7, 11) is 2.05. The molecule has 2 heterocycles. The number of aromatic nitrogens is 2. The van der Waals surface area contributed by atoms with E-state index in [4.69, 9.17) is 11.6 Å². The molecule has 0 bridgehead atoms. The maximum Gasteiger partial charge on any atom is 0.261 e. The smallest absolute Gasteiger partial charge is 0.261 e. The summed E-state index contributed by atoms with van der Waals surface area (Å²) in [5.41, 5.74) is 2.57. The minimum Gasteiger partial charge on any atom is -0.373 e. The largest absolute Gasteiger partial charge is 0.373 e. The van der Waals surface area contributed by atoms with Gasteiger partial charge in [-0.05, 0) is 43.9 Å². The van der Waals surface area contributed by atoms with Gasteiger partial charge < -0.3 is 9.80 Å². The van der Waals surface area contributed by atoms with Crippen LogP contribution in [0.15, 0.2) is 30.6 Å². The first-order valence-corrected chi connectivity index (χ1v) is 8.88. The molecule has 0 atom stereocenters. The molecule has 5 nitrogen and oxygen atoms in total. The summed E-state index contributed by atoms with van der Waals surface area (Å²) in [5, 5.41) is 5.04. The summed E-state index contributed by atoms with van der Waals surface area (Å²) in [6, 6.07) is 6.21. The average Bonchev–Trinajstić information content (AvgIpc) is 2.92. The second-order valence-electron chi connectivity index (χ2n) is 6.66. The highest BCUT2D eigenvalue weighted by atomic mass is 35.5. The second kappa shape index (κ2) is 6.13. The Balaban J connectivity index is 1.67. The van der Waals surface area contributed by atoms with Crippen LogP contribution in [-0.4, -0.2) is 35.8 Å². The van der Waals surface area contributed by atoms with Crippen LogP contribution in [0.5, 0.6) is 0 Å². The summed E-state index contributed by atoms with van der Waals surface area (Å²) in [6.45, 7) is 1.60. The van der Waals surface area contributed by atoms with Gasteiger partial charge in [0, 0.05) is 31.4 Å². The first kappa shape index (κ1) is 15.5. The van der Waals surface area contributed by atoms with Crippen LogP contribution in [-0.2, 0) is 0 Å². The molecule has 1 saturated carbocycles. The van der Waals surface area contributed by atoms with E-state index in [0.717, 1.165) is 37.2 Å². The topological polar surface area (TPSA) is 41.4 Å². The fraction of sp³-hybridized carbons (Fsp3) is 0.444. The van der Waals surface area contributed by atoms with Gasteiger partial charge in [0.1, 0.15) is 0 Å². The van der Waals surface area contributed by atoms with E-state index in [1.807, 2.05) is 34.0 Å². The van der Waals surface area contributed by atoms with Crippen molar-refractivity contribution in [1.82, 2.24) is 9.78 Å². The Labute approximate surface area is 146 Å². The van der Waals surface area contributed by atoms with Crippen molar-refractivity contribution in [2.75, 3.05) is 29.9 Å². The zero-order valence-electron chi connectivity index (χ0n) is 13.8. The highest BCUT2D eigenvalue weighted by Crippen LogP contribution is 2.35. The summed E-state index contributed by atoms with van der Waals surface area (Å²) >= 11 is 6.19. The summed E-state index contributed by atoms with van der Waals surface area (Å²) < 4.78 is 1.94. The number of rotatable bonds is 2. The fourth-order valence-corrected chi connectivity index (χ4v) is 3.57. The lowest BCUT2D eigenvalue weighted by Crippen LogP contribution is -2.31. The molecule has 4 rings (SSSR count). The van der Waals surface area contributed by atoms with Crippen LogP contribution >= 0.6 is 11.6 Å². The standard InChI is InChI=1S/C18H21ClN4O/c1-21-8-3-9-22(17-10-14(19)6-7-16(17)21)18(24)13-11-20-23(12-13)15-4-2-5-15/h6-7,10-12,15H,2-5,8-9H2,1H3. The molecule has 6 heteroatoms. The Morgan fingerprint density at radius 1 is 1.21 bits per heavy atom. The summed E-state index contributed by atoms with van der Waals surface area (Å²) in [4.78, 5) is 17.1. The molecule has 0 N–H and O–H groups in total. The van der Waals surface area contributed by atoms with Crippen LogP contribution in [0.2, 0.25) is 5.02 Å². The lowest BCUT2D eigenvalue weighted by atomic mass is 9.93. The molecular formula is C18H21ClN4O. The van der Waals surface area contributed by atoms with E-state index in [-0.39, 0.29) is 5.91 Å². The van der Waals surface area contributed by atoms with Crippen LogP contribution in [0.3, 0.4) is 0 Å². The first-order chi connectivity index (χ1) is 11.6. The number of carbonyl (C=O) groups is 1. The minimum atomic E-state index is -0.000565. The molecule has 0 unspecified atom stereocenters. The number of amides is 1. The van der Waals surface area contributed by atoms with Crippen LogP contribution < -0.4 is 9.80 Å². The maximum absolute atomic E-state index is 13.1. The van der Waals surface area contributed by atoms with Crippen molar-refractivity contribution in [3.63, 3.8) is 0 Å². The Bertz CT molecular complexity index is 768. The lowest BCUT2D eigenvalue weighted by molar-refractivity contribution is 0.0987. The van der Waals surface area contributed by atoms with Gasteiger partial charge in [-0.2, -0.15) is 5.10 Å². The summed E-state index contributed by atoms with van der Waals surface area (Å²) in [6.07, 6.45) is 8.07. The number of benzene rings is 1. The third-order valence-corrected chi connectivity index (χ3v) is 5.29. The van der Waals surface area contributed by atoms with E-state index >= 15 is 0 Å². The van der Waals surface area contributed by atoms with Gasteiger partial charge in [-0.3, -0.25) is 9.48 Å². The first-order valence-electron chi connectivity index (χ1n) is 8.50. The van der Waals surface area contributed by atoms with Gasteiger partial charge in [0.25, 0.3) is 5.91 Å². The highest BCUT2D eigenvalue weighted by Gasteiger charge is 2.27. The lowest BCUT2D eigenvalue weighted by Gasteiger charge is -2.26. The van der Waals surface area contributed by atoms with Gasteiger partial charge in [0.15, 0.2) is 0 Å². The zero-order valence-corrected chi connectivity index (χ0v) is 14.5. The predicted octanol–water partition coefficient (Wildman–Crippen LogP) is 3.75. The molecule has 2 aromatic rings. The van der Waals surface area contributed by atoms with Gasteiger partial charge in [0.05, 0.1) is 29.2 Å². The van der Waals surface area contributed by atoms with Crippen molar-refractivity contribution in [3.8, 4) is 0 Å². The number of nitrogens with zero attached hydrogens (tertiary/aromatic N) is 4. The maximum atomic E-state index is 13.1. The highest BCUT2D eigenvalue weighted by molar-refractivity contribution is 6.31. The molecule has 1 aliphatic heterocycles. The number of hydrogen-bond donors (Lipinski definition) is 0. The van der Waals surface area contributed by atoms with Crippen LogP contribution in [0.1, 0.15) is 42.1 Å². The van der Waals surface area contributed by atoms with Gasteiger partial charge in [-0.1, -0.05) is 11.6 Å². The number of anilines is 2. The van der Waals surface area contributed by atoms with Crippen molar-refractivity contribution >= 4 is 28.9 Å². The molecule has 0 radical (unpaired) electrons. The Morgan fingerprint density at radius 2 is 2.04 bits per heavy atom. The van der Waals surface area contributed by atoms with Crippen molar-refractivity contribution < 1.29 is 4.79 Å². The monoisotopic (exact) mass is 344 g/mol. The van der Waals surface area contributed by atoms with E-state index in [9.17, 15) is 4.79 Å². The molecule has 1 aromatic heterocycles. The van der Waals surface area contributed by atoms with Crippen molar-refractivity contribution in [2.45, 2.75) is 31.7 Å². The van der Waals surface area contributed by atoms with Crippen molar-refractivity contribution in [2.24, 2.45) is 0 Å². The third kappa shape index (κ3) is 2.67. The normalized spacial score (nSPS) is 18.1. The van der Waals surface area contributed by atoms with Gasteiger partial charge in [-0.15, -0.1) is 0 Å². The molecule has 1 amide bonds. The van der Waals surface area contributed by atoms with E-state index in [1.165, 1.54) is 6.42 Å². The van der Waals surface area contributed by atoms with E-state index in [0.29, 0.717) is 23.2 Å². The van der Waals surface area contributed by atoms with Gasteiger partial charge >= 0.3 is 0 Å². The van der Waals surface area contributed by atoms with Crippen molar-refractivity contribution in [1.29, 1.82) is 0 Å². The molecular weight excluding hydrogens is 324 g/mol. The molecule has 1 fully saturated rings. The number of halogens is 1. The molecule has 0 spiro atoms. The van der Waals surface area contributed by atoms with Crippen LogP contribution in [0.4, 0.5) is 11.4 Å². The van der Waals surface area contributed by atoms with E-state index in [2.05, 4.69) is 17.0 Å². The predicted molar refractivity (Wildman–Crippen MR) is 96.1 cm³/mol. The Hall–Kier alpha value is -2.01. The van der Waals surface area contributed by atoms with E-state index in [1.54, 1.807) is 6.20 Å². The van der Waals surface area contributed by atoms with E-state index < -0.39 is 0 Å². The molecule has 2 aliphatic rings. The third-order valence-electron chi connectivity index (χ3n) is 5.06. The number of fused-ring (bicyclic) bond motifs is 1. The van der Waals surface area contributed by atoms with Gasteiger partial charge in [0.2, 0.25) is 0 Å². The minimum absolute atomic E-state index is 0.000565. The van der Waals surface area contributed by atoms with Crippen LogP contribution in [0.25, 0.3) is 0 Å². The molecule has 1 aliphatic carbocycles. The number of hydrogen-bond acceptors (Lipinski definition) is 3. The Morgan fingerprint density at radius 3 is 2.79 bits per heavy atom. The second-order valence-corrected chi connectivity index (χ2v) is 7.10. The van der Waals surface area contributed by atoms with Crippen LogP contribution in [0, 0.1) is 0 Å². The quantitative estimate of drug-likeness (QED) is 0.833. The Kier molecular flexibility index (Phi) is 3.96. The van der Waals surface area contributed by atoms with Crippen molar-refractivity contribution in [3.05, 3.63) is 41.2 Å². The molecule has 1 aromatic carbocycles. The molecule has 126 valence electrons. The summed E-state index contributed by atoms with van der Waals surface area (Å²) in [5.74, 6) is -0.000565. The van der Waals surface area contributed by atoms with Gasteiger partial charge in [-0.25, -0.2) is 0 Å². The SMILES string of the molecule is CN1CCCN(C(=O)c2cnn(C3CCC3)c2)c2cc(Cl)ccc21. The number of carbonyl (C=O) groups excluding carboxylic acids is 1. The molecule has 24 heavy (non-hydrogen) atoms. The zero-order chi connectivity index (χ0) is 16.7. The fourth-order valence-electron chi connectivity index (χ4n) is 3.41.